The lowest BCUT2D eigenvalue weighted by Gasteiger charge is -2.13. The molecule has 0 fully saturated rings. The topological polar surface area (TPSA) is 80.6 Å². The zero-order chi connectivity index (χ0) is 19.5. The lowest BCUT2D eigenvalue weighted by molar-refractivity contribution is -0.114. The number of aromatic nitrogens is 3. The van der Waals surface area contributed by atoms with Crippen LogP contribution in [0.3, 0.4) is 0 Å². The molecule has 0 aliphatic heterocycles. The van der Waals surface area contributed by atoms with Crippen LogP contribution in [-0.2, 0) is 4.79 Å². The van der Waals surface area contributed by atoms with Gasteiger partial charge < -0.3 is 15.4 Å². The number of hydrogen-bond donors (Lipinski definition) is 2. The van der Waals surface area contributed by atoms with E-state index >= 15 is 0 Å². The summed E-state index contributed by atoms with van der Waals surface area (Å²) in [7, 11) is 1.57. The predicted molar refractivity (Wildman–Crippen MR) is 109 cm³/mol. The Labute approximate surface area is 162 Å². The van der Waals surface area contributed by atoms with Crippen molar-refractivity contribution in [1.82, 2.24) is 14.4 Å². The van der Waals surface area contributed by atoms with Gasteiger partial charge in [-0.2, -0.15) is 0 Å². The molecule has 0 atom stereocenters. The molecular weight excluding hydrogens is 354 g/mol. The fourth-order valence-electron chi connectivity index (χ4n) is 2.96. The number of hydrogen-bond acceptors (Lipinski definition) is 5. The Kier molecular flexibility index (Phi) is 4.63. The molecule has 140 valence electrons. The van der Waals surface area contributed by atoms with Crippen molar-refractivity contribution in [1.29, 1.82) is 0 Å². The van der Waals surface area contributed by atoms with Crippen molar-refractivity contribution in [3.63, 3.8) is 0 Å². The van der Waals surface area contributed by atoms with Gasteiger partial charge in [0, 0.05) is 36.6 Å². The highest BCUT2D eigenvalue weighted by Crippen LogP contribution is 2.31. The number of para-hydroxylation sites is 1. The summed E-state index contributed by atoms with van der Waals surface area (Å²) in [4.78, 5) is 20.7. The molecule has 0 saturated heterocycles. The van der Waals surface area contributed by atoms with E-state index in [4.69, 9.17) is 9.72 Å². The van der Waals surface area contributed by atoms with E-state index in [1.165, 1.54) is 6.92 Å². The number of carbonyl (C=O) groups is 1. The van der Waals surface area contributed by atoms with Crippen LogP contribution in [0.15, 0.2) is 67.0 Å². The minimum Gasteiger partial charge on any atom is -0.495 e. The summed E-state index contributed by atoms with van der Waals surface area (Å²) in [6.07, 6.45) is 3.59. The molecule has 2 aromatic carbocycles. The van der Waals surface area contributed by atoms with Crippen molar-refractivity contribution in [2.24, 2.45) is 0 Å². The van der Waals surface area contributed by atoms with E-state index in [1.807, 2.05) is 65.2 Å². The summed E-state index contributed by atoms with van der Waals surface area (Å²) < 4.78 is 7.22. The Morgan fingerprint density at radius 2 is 1.93 bits per heavy atom. The van der Waals surface area contributed by atoms with Crippen LogP contribution >= 0.6 is 0 Å². The minimum absolute atomic E-state index is 0.168. The third kappa shape index (κ3) is 3.50. The standard InChI is InChI=1S/C21H19N5O2/c1-14(27)23-18-12-15(8-9-19(18)28-2)17-13-20-22-10-11-26(20)21(25-17)24-16-6-4-3-5-7-16/h3-13H,1-2H3,(H,23,27)(H,24,25). The molecule has 28 heavy (non-hydrogen) atoms. The van der Waals surface area contributed by atoms with Crippen LogP contribution < -0.4 is 15.4 Å². The van der Waals surface area contributed by atoms with Crippen molar-refractivity contribution in [3.8, 4) is 17.0 Å². The lowest BCUT2D eigenvalue weighted by atomic mass is 10.1. The maximum absolute atomic E-state index is 11.5. The van der Waals surface area contributed by atoms with Crippen molar-refractivity contribution in [2.75, 3.05) is 17.7 Å². The van der Waals surface area contributed by atoms with Crippen molar-refractivity contribution in [2.45, 2.75) is 6.92 Å². The van der Waals surface area contributed by atoms with Gasteiger partial charge in [-0.1, -0.05) is 18.2 Å². The van der Waals surface area contributed by atoms with E-state index in [2.05, 4.69) is 15.6 Å². The molecule has 4 aromatic rings. The van der Waals surface area contributed by atoms with E-state index in [-0.39, 0.29) is 5.91 Å². The molecule has 0 spiro atoms. The van der Waals surface area contributed by atoms with Gasteiger partial charge in [-0.3, -0.25) is 9.20 Å². The van der Waals surface area contributed by atoms with E-state index < -0.39 is 0 Å². The number of ether oxygens (including phenoxy) is 1. The van der Waals surface area contributed by atoms with Crippen molar-refractivity contribution in [3.05, 3.63) is 67.0 Å². The zero-order valence-electron chi connectivity index (χ0n) is 15.5. The van der Waals surface area contributed by atoms with Gasteiger partial charge in [0.25, 0.3) is 0 Å². The van der Waals surface area contributed by atoms with Gasteiger partial charge >= 0.3 is 0 Å². The molecule has 2 aromatic heterocycles. The average molecular weight is 373 g/mol. The number of methoxy groups -OCH3 is 1. The summed E-state index contributed by atoms with van der Waals surface area (Å²) >= 11 is 0. The zero-order valence-corrected chi connectivity index (χ0v) is 15.5. The summed E-state index contributed by atoms with van der Waals surface area (Å²) in [5.74, 6) is 1.06. The third-order valence-electron chi connectivity index (χ3n) is 4.23. The first-order chi connectivity index (χ1) is 13.6. The van der Waals surface area contributed by atoms with Crippen LogP contribution in [0, 0.1) is 0 Å². The number of imidazole rings is 1. The maximum Gasteiger partial charge on any atom is 0.221 e. The van der Waals surface area contributed by atoms with Gasteiger partial charge in [0.2, 0.25) is 11.9 Å². The molecule has 1 amide bonds. The normalized spacial score (nSPS) is 10.6. The van der Waals surface area contributed by atoms with E-state index in [0.717, 1.165) is 22.6 Å². The van der Waals surface area contributed by atoms with Crippen LogP contribution in [0.2, 0.25) is 0 Å². The smallest absolute Gasteiger partial charge is 0.221 e. The Morgan fingerprint density at radius 3 is 2.68 bits per heavy atom. The second-order valence-electron chi connectivity index (χ2n) is 6.21. The van der Waals surface area contributed by atoms with Gasteiger partial charge in [-0.25, -0.2) is 9.97 Å². The molecule has 4 rings (SSSR count). The minimum atomic E-state index is -0.168. The lowest BCUT2D eigenvalue weighted by Crippen LogP contribution is -2.07. The SMILES string of the molecule is COc1ccc(-c2cc3nccn3c(Nc3ccccc3)n2)cc1NC(C)=O. The Bertz CT molecular complexity index is 1140. The number of anilines is 3. The second kappa shape index (κ2) is 7.40. The molecule has 0 aliphatic rings. The monoisotopic (exact) mass is 373 g/mol. The van der Waals surface area contributed by atoms with E-state index in [9.17, 15) is 4.79 Å². The highest BCUT2D eigenvalue weighted by atomic mass is 16.5. The van der Waals surface area contributed by atoms with Crippen molar-refractivity contribution >= 4 is 28.9 Å². The number of amides is 1. The van der Waals surface area contributed by atoms with Gasteiger partial charge in [-0.15, -0.1) is 0 Å². The number of fused-ring (bicyclic) bond motifs is 1. The molecule has 0 bridgehead atoms. The largest absolute Gasteiger partial charge is 0.495 e. The van der Waals surface area contributed by atoms with Crippen LogP contribution in [0.1, 0.15) is 6.92 Å². The summed E-state index contributed by atoms with van der Waals surface area (Å²) in [5.41, 5.74) is 3.85. The van der Waals surface area contributed by atoms with Crippen LogP contribution in [0.5, 0.6) is 5.75 Å². The third-order valence-corrected chi connectivity index (χ3v) is 4.23. The molecule has 7 heteroatoms. The van der Waals surface area contributed by atoms with Crippen LogP contribution in [0.25, 0.3) is 16.9 Å². The molecule has 0 unspecified atom stereocenters. The molecular formula is C21H19N5O2. The van der Waals surface area contributed by atoms with Crippen LogP contribution in [0.4, 0.5) is 17.3 Å². The number of carbonyl (C=O) groups excluding carboxylic acids is 1. The first kappa shape index (κ1) is 17.5. The Balaban J connectivity index is 1.80. The first-order valence-electron chi connectivity index (χ1n) is 8.76. The number of rotatable bonds is 5. The molecule has 0 aliphatic carbocycles. The average Bonchev–Trinajstić information content (AvgIpc) is 3.17. The summed E-state index contributed by atoms with van der Waals surface area (Å²) in [5, 5.41) is 6.12. The highest BCUT2D eigenvalue weighted by Gasteiger charge is 2.12. The molecule has 0 radical (unpaired) electrons. The van der Waals surface area contributed by atoms with Crippen molar-refractivity contribution < 1.29 is 9.53 Å². The van der Waals surface area contributed by atoms with Gasteiger partial charge in [-0.05, 0) is 30.3 Å². The number of benzene rings is 2. The first-order valence-corrected chi connectivity index (χ1v) is 8.76. The van der Waals surface area contributed by atoms with Gasteiger partial charge in [0.1, 0.15) is 11.4 Å². The van der Waals surface area contributed by atoms with Gasteiger partial charge in [0.05, 0.1) is 18.5 Å². The number of nitrogens with one attached hydrogen (secondary N) is 2. The Morgan fingerprint density at radius 1 is 1.11 bits per heavy atom. The number of nitrogens with zero attached hydrogens (tertiary/aromatic N) is 3. The second-order valence-corrected chi connectivity index (χ2v) is 6.21. The molecule has 2 N–H and O–H groups in total. The van der Waals surface area contributed by atoms with Crippen LogP contribution in [-0.4, -0.2) is 27.4 Å². The molecule has 0 saturated carbocycles. The van der Waals surface area contributed by atoms with E-state index in [0.29, 0.717) is 17.4 Å². The molecule has 7 nitrogen and oxygen atoms in total. The summed E-state index contributed by atoms with van der Waals surface area (Å²) in [6.45, 7) is 1.46. The molecule has 2 heterocycles. The fourth-order valence-corrected chi connectivity index (χ4v) is 2.96. The Hall–Kier alpha value is -3.87. The van der Waals surface area contributed by atoms with E-state index in [1.54, 1.807) is 13.3 Å². The fraction of sp³-hybridized carbons (Fsp3) is 0.0952. The highest BCUT2D eigenvalue weighted by molar-refractivity contribution is 5.91. The predicted octanol–water partition coefficient (Wildman–Crippen LogP) is 4.11. The quantitative estimate of drug-likeness (QED) is 0.550. The van der Waals surface area contributed by atoms with Gasteiger partial charge in [0.15, 0.2) is 0 Å². The summed E-state index contributed by atoms with van der Waals surface area (Å²) in [6, 6.07) is 17.3. The maximum atomic E-state index is 11.5.